The van der Waals surface area contributed by atoms with Crippen LogP contribution in [0, 0.1) is 17.0 Å². The molecule has 9 heteroatoms. The molecule has 1 aromatic carbocycles. The summed E-state index contributed by atoms with van der Waals surface area (Å²) < 4.78 is 1.58. The van der Waals surface area contributed by atoms with E-state index in [1.54, 1.807) is 36.1 Å². The molecule has 0 unspecified atom stereocenters. The smallest absolute Gasteiger partial charge is 0.293 e. The maximum Gasteiger partial charge on any atom is 0.293 e. The Morgan fingerprint density at radius 1 is 1.40 bits per heavy atom. The van der Waals surface area contributed by atoms with Crippen molar-refractivity contribution in [1.29, 1.82) is 0 Å². The number of ketones is 1. The molecular formula is C16H15N5O3S. The number of carbonyl (C=O) groups is 1. The lowest BCUT2D eigenvalue weighted by molar-refractivity contribution is -0.384. The van der Waals surface area contributed by atoms with Crippen LogP contribution in [0.1, 0.15) is 26.1 Å². The van der Waals surface area contributed by atoms with E-state index in [0.717, 1.165) is 9.88 Å². The number of nitrogens with zero attached hydrogens (tertiary/aromatic N) is 4. The Hall–Kier alpha value is -3.07. The van der Waals surface area contributed by atoms with E-state index >= 15 is 0 Å². The number of hydrogen-bond acceptors (Lipinski definition) is 7. The van der Waals surface area contributed by atoms with Gasteiger partial charge in [0.15, 0.2) is 5.82 Å². The Kier molecular flexibility index (Phi) is 4.57. The average Bonchev–Trinajstić information content (AvgIpc) is 3.20. The van der Waals surface area contributed by atoms with Gasteiger partial charge in [0.25, 0.3) is 5.69 Å². The number of benzene rings is 1. The van der Waals surface area contributed by atoms with E-state index in [9.17, 15) is 14.9 Å². The topological polar surface area (TPSA) is 103 Å². The molecule has 2 heterocycles. The van der Waals surface area contributed by atoms with Crippen LogP contribution in [0.3, 0.4) is 0 Å². The predicted molar refractivity (Wildman–Crippen MR) is 93.9 cm³/mol. The number of nitrogens with one attached hydrogen (secondary N) is 1. The molecule has 0 spiro atoms. The number of aryl methyl sites for hydroxylation is 2. The third kappa shape index (κ3) is 3.56. The van der Waals surface area contributed by atoms with Crippen molar-refractivity contribution in [2.45, 2.75) is 13.5 Å². The molecule has 8 nitrogen and oxygen atoms in total. The van der Waals surface area contributed by atoms with Gasteiger partial charge in [-0.2, -0.15) is 0 Å². The first-order valence-electron chi connectivity index (χ1n) is 7.41. The zero-order chi connectivity index (χ0) is 18.0. The van der Waals surface area contributed by atoms with Gasteiger partial charge in [0.2, 0.25) is 5.78 Å². The minimum Gasteiger partial charge on any atom is -0.375 e. The molecule has 0 aliphatic carbocycles. The van der Waals surface area contributed by atoms with Gasteiger partial charge in [-0.05, 0) is 19.1 Å². The van der Waals surface area contributed by atoms with Gasteiger partial charge in [0.05, 0.1) is 16.5 Å². The first-order chi connectivity index (χ1) is 12.0. The minimum absolute atomic E-state index is 0.152. The first kappa shape index (κ1) is 16.8. The Morgan fingerprint density at radius 3 is 2.80 bits per heavy atom. The Bertz CT molecular complexity index is 947. The van der Waals surface area contributed by atoms with Gasteiger partial charge in [-0.15, -0.1) is 11.3 Å². The highest BCUT2D eigenvalue weighted by Gasteiger charge is 2.20. The van der Waals surface area contributed by atoms with E-state index in [0.29, 0.717) is 12.2 Å². The number of rotatable bonds is 6. The summed E-state index contributed by atoms with van der Waals surface area (Å²) >= 11 is 1.52. The van der Waals surface area contributed by atoms with E-state index < -0.39 is 4.92 Å². The molecule has 0 fully saturated rings. The highest BCUT2D eigenvalue weighted by atomic mass is 32.1. The molecule has 2 aromatic heterocycles. The van der Waals surface area contributed by atoms with E-state index in [4.69, 9.17) is 0 Å². The standard InChI is InChI=1S/C16H15N5O3S/c1-10-18-8-12(25-10)9-19-13-4-3-11(7-14(13)21(23)24)15(22)16-17-5-6-20(16)2/h3-8,19H,9H2,1-2H3. The molecule has 0 radical (unpaired) electrons. The number of carbonyl (C=O) groups excluding carboxylic acids is 1. The summed E-state index contributed by atoms with van der Waals surface area (Å²) in [4.78, 5) is 32.5. The van der Waals surface area contributed by atoms with Gasteiger partial charge in [-0.25, -0.2) is 9.97 Å². The number of nitro groups is 1. The van der Waals surface area contributed by atoms with Crippen molar-refractivity contribution < 1.29 is 9.72 Å². The van der Waals surface area contributed by atoms with Crippen LogP contribution < -0.4 is 5.32 Å². The first-order valence-corrected chi connectivity index (χ1v) is 8.23. The summed E-state index contributed by atoms with van der Waals surface area (Å²) in [6.07, 6.45) is 4.89. The SMILES string of the molecule is Cc1ncc(CNc2ccc(C(=O)c3nccn3C)cc2[N+](=O)[O-])s1. The normalized spacial score (nSPS) is 10.6. The number of thiazole rings is 1. The molecule has 0 saturated heterocycles. The Morgan fingerprint density at radius 2 is 2.20 bits per heavy atom. The maximum atomic E-state index is 12.5. The molecule has 3 rings (SSSR count). The zero-order valence-corrected chi connectivity index (χ0v) is 14.4. The summed E-state index contributed by atoms with van der Waals surface area (Å²) in [5.41, 5.74) is 0.425. The number of anilines is 1. The largest absolute Gasteiger partial charge is 0.375 e. The van der Waals surface area contributed by atoms with Crippen molar-refractivity contribution in [3.63, 3.8) is 0 Å². The van der Waals surface area contributed by atoms with Gasteiger partial charge >= 0.3 is 0 Å². The summed E-state index contributed by atoms with van der Waals surface area (Å²) in [6, 6.07) is 4.38. The highest BCUT2D eigenvalue weighted by Crippen LogP contribution is 2.27. The van der Waals surface area contributed by atoms with Crippen molar-refractivity contribution in [3.05, 3.63) is 68.2 Å². The molecular weight excluding hydrogens is 342 g/mol. The van der Waals surface area contributed by atoms with Crippen molar-refractivity contribution in [3.8, 4) is 0 Å². The molecule has 0 aliphatic rings. The van der Waals surface area contributed by atoms with Gasteiger partial charge in [0, 0.05) is 42.1 Å². The van der Waals surface area contributed by atoms with Crippen molar-refractivity contribution >= 4 is 28.5 Å². The van der Waals surface area contributed by atoms with Crippen LogP contribution >= 0.6 is 11.3 Å². The lowest BCUT2D eigenvalue weighted by Crippen LogP contribution is -2.10. The van der Waals surface area contributed by atoms with Crippen LogP contribution in [0.2, 0.25) is 0 Å². The third-order valence-electron chi connectivity index (χ3n) is 3.60. The monoisotopic (exact) mass is 357 g/mol. The Balaban J connectivity index is 1.86. The van der Waals surface area contributed by atoms with Gasteiger partial charge in [-0.3, -0.25) is 14.9 Å². The number of aromatic nitrogens is 3. The average molecular weight is 357 g/mol. The van der Waals surface area contributed by atoms with Crippen LogP contribution in [-0.2, 0) is 13.6 Å². The maximum absolute atomic E-state index is 12.5. The van der Waals surface area contributed by atoms with Gasteiger partial charge in [0.1, 0.15) is 5.69 Å². The fraction of sp³-hybridized carbons (Fsp3) is 0.188. The second-order valence-corrected chi connectivity index (χ2v) is 6.70. The summed E-state index contributed by atoms with van der Waals surface area (Å²) in [5, 5.41) is 15.4. The zero-order valence-electron chi connectivity index (χ0n) is 13.6. The molecule has 25 heavy (non-hydrogen) atoms. The van der Waals surface area contributed by atoms with Crippen LogP contribution in [-0.4, -0.2) is 25.2 Å². The Labute approximate surface area is 147 Å². The van der Waals surface area contributed by atoms with E-state index in [1.807, 2.05) is 6.92 Å². The lowest BCUT2D eigenvalue weighted by Gasteiger charge is -2.07. The van der Waals surface area contributed by atoms with Crippen LogP contribution in [0.15, 0.2) is 36.8 Å². The van der Waals surface area contributed by atoms with Crippen LogP contribution in [0.4, 0.5) is 11.4 Å². The second kappa shape index (κ2) is 6.81. The van der Waals surface area contributed by atoms with Gasteiger partial charge in [-0.1, -0.05) is 0 Å². The third-order valence-corrected chi connectivity index (χ3v) is 4.52. The molecule has 128 valence electrons. The summed E-state index contributed by atoms with van der Waals surface area (Å²) in [6.45, 7) is 2.33. The molecule has 0 aliphatic heterocycles. The van der Waals surface area contributed by atoms with Crippen LogP contribution in [0.25, 0.3) is 0 Å². The fourth-order valence-corrected chi connectivity index (χ4v) is 3.09. The molecule has 1 N–H and O–H groups in total. The minimum atomic E-state index is -0.505. The van der Waals surface area contributed by atoms with Crippen molar-refractivity contribution in [1.82, 2.24) is 14.5 Å². The van der Waals surface area contributed by atoms with E-state index in [1.165, 1.54) is 23.6 Å². The van der Waals surface area contributed by atoms with E-state index in [-0.39, 0.29) is 22.9 Å². The lowest BCUT2D eigenvalue weighted by atomic mass is 10.1. The van der Waals surface area contributed by atoms with Crippen molar-refractivity contribution in [2.24, 2.45) is 7.05 Å². The highest BCUT2D eigenvalue weighted by molar-refractivity contribution is 7.11. The molecule has 0 atom stereocenters. The van der Waals surface area contributed by atoms with Crippen molar-refractivity contribution in [2.75, 3.05) is 5.32 Å². The number of imidazole rings is 1. The number of nitro benzene ring substituents is 1. The molecule has 0 amide bonds. The second-order valence-electron chi connectivity index (χ2n) is 5.38. The predicted octanol–water partition coefficient (Wildman–Crippen LogP) is 2.94. The van der Waals surface area contributed by atoms with E-state index in [2.05, 4.69) is 15.3 Å². The van der Waals surface area contributed by atoms with Gasteiger partial charge < -0.3 is 9.88 Å². The fourth-order valence-electron chi connectivity index (χ4n) is 2.36. The molecule has 0 saturated carbocycles. The molecule has 3 aromatic rings. The number of hydrogen-bond donors (Lipinski definition) is 1. The summed E-state index contributed by atoms with van der Waals surface area (Å²) in [5.74, 6) is -0.129. The molecule has 0 bridgehead atoms. The van der Waals surface area contributed by atoms with Crippen LogP contribution in [0.5, 0.6) is 0 Å². The summed E-state index contributed by atoms with van der Waals surface area (Å²) in [7, 11) is 1.70. The quantitative estimate of drug-likeness (QED) is 0.413.